The molecule has 0 fully saturated rings. The van der Waals surface area contributed by atoms with Gasteiger partial charge in [0.05, 0.1) is 6.26 Å². The van der Waals surface area contributed by atoms with E-state index in [0.717, 1.165) is 18.4 Å². The molecule has 0 spiro atoms. The number of ketones is 1. The number of Topliss-reactive ketones (excluding diaryl/α,β-unsaturated/α-hetero) is 1. The summed E-state index contributed by atoms with van der Waals surface area (Å²) in [5, 5.41) is 0. The molecule has 0 saturated carbocycles. The van der Waals surface area contributed by atoms with E-state index in [1.54, 1.807) is 6.26 Å². The van der Waals surface area contributed by atoms with Crippen molar-refractivity contribution in [3.63, 3.8) is 0 Å². The highest BCUT2D eigenvalue weighted by atomic mass is 16.3. The fraction of sp³-hybridized carbons (Fsp3) is 0.267. The van der Waals surface area contributed by atoms with Gasteiger partial charge in [0.2, 0.25) is 5.78 Å². The van der Waals surface area contributed by atoms with Gasteiger partial charge < -0.3 is 4.42 Å². The number of fused-ring (bicyclic) bond motifs is 1. The lowest BCUT2D eigenvalue weighted by molar-refractivity contribution is 0.0895. The van der Waals surface area contributed by atoms with Crippen molar-refractivity contribution in [3.8, 4) is 0 Å². The van der Waals surface area contributed by atoms with Crippen LogP contribution >= 0.6 is 0 Å². The predicted octanol–water partition coefficient (Wildman–Crippen LogP) is 3.19. The van der Waals surface area contributed by atoms with Crippen LogP contribution in [0.25, 0.3) is 0 Å². The first-order chi connectivity index (χ1) is 8.25. The third-order valence-corrected chi connectivity index (χ3v) is 3.51. The minimum atomic E-state index is 0.0530. The number of hydrogen-bond donors (Lipinski definition) is 0. The molecule has 0 N–H and O–H groups in total. The zero-order chi connectivity index (χ0) is 11.8. The first-order valence-electron chi connectivity index (χ1n) is 5.91. The summed E-state index contributed by atoms with van der Waals surface area (Å²) < 4.78 is 5.29. The predicted molar refractivity (Wildman–Crippen MR) is 65.1 cm³/mol. The summed E-state index contributed by atoms with van der Waals surface area (Å²) in [6.07, 6.45) is 3.27. The smallest absolute Gasteiger partial charge is 0.201 e. The summed E-state index contributed by atoms with van der Waals surface area (Å²) in [5.41, 5.74) is 3.54. The van der Waals surface area contributed by atoms with Crippen LogP contribution in [0.3, 0.4) is 0 Å². The molecule has 86 valence electrons. The number of furan rings is 1. The molecule has 3 rings (SSSR count). The molecule has 2 nitrogen and oxygen atoms in total. The molecular formula is C15H14O2. The Morgan fingerprint density at radius 3 is 2.35 bits per heavy atom. The largest absolute Gasteiger partial charge is 0.461 e. The highest BCUT2D eigenvalue weighted by molar-refractivity contribution is 5.97. The Morgan fingerprint density at radius 2 is 1.82 bits per heavy atom. The van der Waals surface area contributed by atoms with Gasteiger partial charge in [-0.2, -0.15) is 0 Å². The van der Waals surface area contributed by atoms with Crippen molar-refractivity contribution in [2.45, 2.75) is 19.8 Å². The van der Waals surface area contributed by atoms with Gasteiger partial charge in [0.15, 0.2) is 5.76 Å². The van der Waals surface area contributed by atoms with Gasteiger partial charge in [0.25, 0.3) is 0 Å². The molecule has 1 aliphatic rings. The number of hydrogen-bond acceptors (Lipinski definition) is 2. The molecule has 2 heteroatoms. The lowest BCUT2D eigenvalue weighted by Crippen LogP contribution is -2.15. The molecule has 0 atom stereocenters. The molecular weight excluding hydrogens is 212 g/mol. The molecule has 0 aliphatic heterocycles. The zero-order valence-electron chi connectivity index (χ0n) is 9.77. The second kappa shape index (κ2) is 3.88. The van der Waals surface area contributed by atoms with E-state index in [0.29, 0.717) is 5.76 Å². The third-order valence-electron chi connectivity index (χ3n) is 3.51. The summed E-state index contributed by atoms with van der Waals surface area (Å²) in [6.45, 7) is 1.92. The first kappa shape index (κ1) is 10.3. The maximum Gasteiger partial charge on any atom is 0.201 e. The summed E-state index contributed by atoms with van der Waals surface area (Å²) in [6, 6.07) is 10.1. The standard InChI is InChI=1S/C15H14O2/c1-10-6-7-17-15(10)14(16)13-8-11-4-2-3-5-12(11)9-13/h2-7,13H,8-9H2,1H3. The summed E-state index contributed by atoms with van der Waals surface area (Å²) in [4.78, 5) is 12.3. The molecule has 0 bridgehead atoms. The van der Waals surface area contributed by atoms with Crippen LogP contribution in [-0.2, 0) is 12.8 Å². The Balaban J connectivity index is 1.86. The average molecular weight is 226 g/mol. The zero-order valence-corrected chi connectivity index (χ0v) is 9.77. The van der Waals surface area contributed by atoms with Crippen LogP contribution in [0.2, 0.25) is 0 Å². The van der Waals surface area contributed by atoms with Crippen LogP contribution in [0.5, 0.6) is 0 Å². The van der Waals surface area contributed by atoms with Gasteiger partial charge in [0, 0.05) is 5.92 Å². The number of carbonyl (C=O) groups is 1. The van der Waals surface area contributed by atoms with Crippen molar-refractivity contribution in [3.05, 3.63) is 59.0 Å². The number of rotatable bonds is 2. The van der Waals surface area contributed by atoms with E-state index in [1.807, 2.05) is 25.1 Å². The number of carbonyl (C=O) groups excluding carboxylic acids is 1. The summed E-state index contributed by atoms with van der Waals surface area (Å²) in [5.74, 6) is 0.726. The van der Waals surface area contributed by atoms with Gasteiger partial charge in [-0.15, -0.1) is 0 Å². The second-order valence-electron chi connectivity index (χ2n) is 4.67. The van der Waals surface area contributed by atoms with Crippen LogP contribution in [0.4, 0.5) is 0 Å². The monoisotopic (exact) mass is 226 g/mol. The van der Waals surface area contributed by atoms with Gasteiger partial charge in [-0.1, -0.05) is 24.3 Å². The van der Waals surface area contributed by atoms with Crippen molar-refractivity contribution in [2.75, 3.05) is 0 Å². The molecule has 1 aliphatic carbocycles. The van der Waals surface area contributed by atoms with E-state index in [1.165, 1.54) is 11.1 Å². The molecule has 0 amide bonds. The maximum atomic E-state index is 12.3. The van der Waals surface area contributed by atoms with E-state index < -0.39 is 0 Å². The van der Waals surface area contributed by atoms with Gasteiger partial charge in [-0.25, -0.2) is 0 Å². The van der Waals surface area contributed by atoms with Crippen molar-refractivity contribution < 1.29 is 9.21 Å². The highest BCUT2D eigenvalue weighted by Crippen LogP contribution is 2.29. The minimum absolute atomic E-state index is 0.0530. The van der Waals surface area contributed by atoms with Crippen molar-refractivity contribution in [2.24, 2.45) is 5.92 Å². The SMILES string of the molecule is Cc1ccoc1C(=O)C1Cc2ccccc2C1. The second-order valence-corrected chi connectivity index (χ2v) is 4.67. The summed E-state index contributed by atoms with van der Waals surface area (Å²) in [7, 11) is 0. The van der Waals surface area contributed by atoms with Crippen molar-refractivity contribution in [1.29, 1.82) is 0 Å². The molecule has 1 aromatic carbocycles. The Hall–Kier alpha value is -1.83. The van der Waals surface area contributed by atoms with Gasteiger partial charge in [-0.05, 0) is 42.5 Å². The fourth-order valence-corrected chi connectivity index (χ4v) is 2.55. The van der Waals surface area contributed by atoms with E-state index in [-0.39, 0.29) is 11.7 Å². The Labute approximate surface area is 100 Å². The van der Waals surface area contributed by atoms with Crippen molar-refractivity contribution >= 4 is 5.78 Å². The highest BCUT2D eigenvalue weighted by Gasteiger charge is 2.30. The van der Waals surface area contributed by atoms with Gasteiger partial charge in [0.1, 0.15) is 0 Å². The Kier molecular flexibility index (Phi) is 2.36. The molecule has 17 heavy (non-hydrogen) atoms. The molecule has 0 unspecified atom stereocenters. The van der Waals surface area contributed by atoms with E-state index in [9.17, 15) is 4.79 Å². The van der Waals surface area contributed by atoms with E-state index in [4.69, 9.17) is 4.42 Å². The molecule has 1 heterocycles. The average Bonchev–Trinajstić information content (AvgIpc) is 2.93. The quantitative estimate of drug-likeness (QED) is 0.736. The molecule has 1 aromatic heterocycles. The number of benzene rings is 1. The van der Waals surface area contributed by atoms with Crippen LogP contribution < -0.4 is 0 Å². The van der Waals surface area contributed by atoms with Crippen molar-refractivity contribution in [1.82, 2.24) is 0 Å². The van der Waals surface area contributed by atoms with Crippen LogP contribution in [0.1, 0.15) is 27.2 Å². The van der Waals surface area contributed by atoms with E-state index in [2.05, 4.69) is 12.1 Å². The fourth-order valence-electron chi connectivity index (χ4n) is 2.55. The maximum absolute atomic E-state index is 12.3. The van der Waals surface area contributed by atoms with Crippen LogP contribution in [-0.4, -0.2) is 5.78 Å². The Bertz CT molecular complexity index is 541. The van der Waals surface area contributed by atoms with Gasteiger partial charge >= 0.3 is 0 Å². The number of aryl methyl sites for hydroxylation is 1. The van der Waals surface area contributed by atoms with Gasteiger partial charge in [-0.3, -0.25) is 4.79 Å². The normalized spacial score (nSPS) is 14.9. The molecule has 0 saturated heterocycles. The van der Waals surface area contributed by atoms with E-state index >= 15 is 0 Å². The van der Waals surface area contributed by atoms with Crippen LogP contribution in [0.15, 0.2) is 41.0 Å². The lowest BCUT2D eigenvalue weighted by Gasteiger charge is -2.05. The first-order valence-corrected chi connectivity index (χ1v) is 5.91. The Morgan fingerprint density at radius 1 is 1.18 bits per heavy atom. The minimum Gasteiger partial charge on any atom is -0.461 e. The summed E-state index contributed by atoms with van der Waals surface area (Å²) >= 11 is 0. The lowest BCUT2D eigenvalue weighted by atomic mass is 9.97. The topological polar surface area (TPSA) is 30.2 Å². The molecule has 2 aromatic rings. The third kappa shape index (κ3) is 1.70. The van der Waals surface area contributed by atoms with Crippen LogP contribution in [0, 0.1) is 12.8 Å². The molecule has 0 radical (unpaired) electrons.